The Morgan fingerprint density at radius 2 is 1.81 bits per heavy atom. The summed E-state index contributed by atoms with van der Waals surface area (Å²) in [5, 5.41) is 13.7. The van der Waals surface area contributed by atoms with E-state index in [9.17, 15) is 9.59 Å². The highest BCUT2D eigenvalue weighted by atomic mass is 16.6. The van der Waals surface area contributed by atoms with Crippen LogP contribution in [0, 0.1) is 11.3 Å². The fourth-order valence-corrected chi connectivity index (χ4v) is 1.43. The molecule has 0 saturated carbocycles. The standard InChI is InChI=1S/C15H19N3O3/c1-15(2,3)21-14(20)18-10-13(19)17-9-12-6-4-11(8-16)5-7-12/h4-7H,9-10H2,1-3H3,(H,17,19)(H,18,20). The molecular formula is C15H19N3O3. The van der Waals surface area contributed by atoms with Gasteiger partial charge in [0.15, 0.2) is 0 Å². The molecule has 0 radical (unpaired) electrons. The van der Waals surface area contributed by atoms with Crippen molar-refractivity contribution in [3.63, 3.8) is 0 Å². The molecule has 6 heteroatoms. The summed E-state index contributed by atoms with van der Waals surface area (Å²) < 4.78 is 5.02. The maximum atomic E-state index is 11.6. The average molecular weight is 289 g/mol. The molecule has 0 aliphatic carbocycles. The summed E-state index contributed by atoms with van der Waals surface area (Å²) in [4.78, 5) is 22.9. The Morgan fingerprint density at radius 3 is 2.33 bits per heavy atom. The molecular weight excluding hydrogens is 270 g/mol. The molecule has 1 aromatic carbocycles. The van der Waals surface area contributed by atoms with E-state index in [2.05, 4.69) is 10.6 Å². The van der Waals surface area contributed by atoms with E-state index in [-0.39, 0.29) is 12.5 Å². The van der Waals surface area contributed by atoms with Crippen LogP contribution in [0.4, 0.5) is 4.79 Å². The molecule has 2 amide bonds. The Labute approximate surface area is 124 Å². The minimum atomic E-state index is -0.629. The molecule has 112 valence electrons. The van der Waals surface area contributed by atoms with Gasteiger partial charge in [-0.3, -0.25) is 4.79 Å². The Balaban J connectivity index is 2.31. The third kappa shape index (κ3) is 6.97. The molecule has 0 spiro atoms. The number of carbonyl (C=O) groups is 2. The van der Waals surface area contributed by atoms with Crippen LogP contribution in [0.2, 0.25) is 0 Å². The summed E-state index contributed by atoms with van der Waals surface area (Å²) in [6.45, 7) is 5.43. The monoisotopic (exact) mass is 289 g/mol. The number of carbonyl (C=O) groups excluding carboxylic acids is 2. The highest BCUT2D eigenvalue weighted by molar-refractivity contribution is 5.82. The topological polar surface area (TPSA) is 91.2 Å². The van der Waals surface area contributed by atoms with Crippen molar-refractivity contribution >= 4 is 12.0 Å². The van der Waals surface area contributed by atoms with E-state index in [1.165, 1.54) is 0 Å². The van der Waals surface area contributed by atoms with Crippen molar-refractivity contribution in [3.8, 4) is 6.07 Å². The fraction of sp³-hybridized carbons (Fsp3) is 0.400. The molecule has 0 aromatic heterocycles. The lowest BCUT2D eigenvalue weighted by molar-refractivity contribution is -0.120. The van der Waals surface area contributed by atoms with Gasteiger partial charge in [0.2, 0.25) is 5.91 Å². The van der Waals surface area contributed by atoms with E-state index < -0.39 is 11.7 Å². The van der Waals surface area contributed by atoms with Crippen LogP contribution in [0.3, 0.4) is 0 Å². The zero-order valence-corrected chi connectivity index (χ0v) is 12.4. The SMILES string of the molecule is CC(C)(C)OC(=O)NCC(=O)NCc1ccc(C#N)cc1. The minimum Gasteiger partial charge on any atom is -0.444 e. The largest absolute Gasteiger partial charge is 0.444 e. The van der Waals surface area contributed by atoms with Gasteiger partial charge >= 0.3 is 6.09 Å². The summed E-state index contributed by atoms with van der Waals surface area (Å²) in [6.07, 6.45) is -0.629. The molecule has 1 rings (SSSR count). The molecule has 0 fully saturated rings. The number of nitriles is 1. The van der Waals surface area contributed by atoms with Crippen LogP contribution in [-0.2, 0) is 16.1 Å². The summed E-state index contributed by atoms with van der Waals surface area (Å²) >= 11 is 0. The van der Waals surface area contributed by atoms with Gasteiger partial charge in [0.1, 0.15) is 12.1 Å². The minimum absolute atomic E-state index is 0.148. The smallest absolute Gasteiger partial charge is 0.408 e. The fourth-order valence-electron chi connectivity index (χ4n) is 1.43. The van der Waals surface area contributed by atoms with Crippen molar-refractivity contribution in [2.45, 2.75) is 32.9 Å². The number of hydrogen-bond acceptors (Lipinski definition) is 4. The lowest BCUT2D eigenvalue weighted by Gasteiger charge is -2.19. The molecule has 21 heavy (non-hydrogen) atoms. The number of amides is 2. The quantitative estimate of drug-likeness (QED) is 0.882. The summed E-state index contributed by atoms with van der Waals surface area (Å²) in [7, 11) is 0. The van der Waals surface area contributed by atoms with Crippen LogP contribution >= 0.6 is 0 Å². The van der Waals surface area contributed by atoms with Gasteiger partial charge in [-0.25, -0.2) is 4.79 Å². The molecule has 0 saturated heterocycles. The van der Waals surface area contributed by atoms with Gasteiger partial charge in [0, 0.05) is 6.54 Å². The predicted octanol–water partition coefficient (Wildman–Crippen LogP) is 1.70. The maximum Gasteiger partial charge on any atom is 0.408 e. The Bertz CT molecular complexity index is 539. The average Bonchev–Trinajstić information content (AvgIpc) is 2.41. The van der Waals surface area contributed by atoms with Crippen molar-refractivity contribution in [3.05, 3.63) is 35.4 Å². The lowest BCUT2D eigenvalue weighted by Crippen LogP contribution is -2.39. The Kier molecular flexibility index (Phi) is 5.73. The number of nitrogens with zero attached hydrogens (tertiary/aromatic N) is 1. The molecule has 0 bridgehead atoms. The molecule has 0 aliphatic heterocycles. The number of nitrogens with one attached hydrogen (secondary N) is 2. The van der Waals surface area contributed by atoms with Gasteiger partial charge < -0.3 is 15.4 Å². The van der Waals surface area contributed by atoms with E-state index >= 15 is 0 Å². The molecule has 0 atom stereocenters. The van der Waals surface area contributed by atoms with Crippen molar-refractivity contribution in [1.29, 1.82) is 5.26 Å². The van der Waals surface area contributed by atoms with Crippen LogP contribution in [0.1, 0.15) is 31.9 Å². The van der Waals surface area contributed by atoms with Gasteiger partial charge in [-0.05, 0) is 38.5 Å². The highest BCUT2D eigenvalue weighted by Gasteiger charge is 2.16. The third-order valence-electron chi connectivity index (χ3n) is 2.36. The zero-order valence-electron chi connectivity index (χ0n) is 12.4. The van der Waals surface area contributed by atoms with E-state index in [1.54, 1.807) is 45.0 Å². The van der Waals surface area contributed by atoms with Crippen LogP contribution < -0.4 is 10.6 Å². The number of alkyl carbamates (subject to hydrolysis) is 1. The number of hydrogen-bond donors (Lipinski definition) is 2. The first kappa shape index (κ1) is 16.5. The van der Waals surface area contributed by atoms with Gasteiger partial charge in [0.05, 0.1) is 11.6 Å². The Hall–Kier alpha value is -2.55. The molecule has 0 unspecified atom stereocenters. The van der Waals surface area contributed by atoms with Crippen molar-refractivity contribution in [2.75, 3.05) is 6.54 Å². The second-order valence-electron chi connectivity index (χ2n) is 5.44. The van der Waals surface area contributed by atoms with Crippen molar-refractivity contribution < 1.29 is 14.3 Å². The second kappa shape index (κ2) is 7.29. The van der Waals surface area contributed by atoms with Crippen LogP contribution in [-0.4, -0.2) is 24.1 Å². The normalized spacial score (nSPS) is 10.4. The van der Waals surface area contributed by atoms with Crippen LogP contribution in [0.5, 0.6) is 0 Å². The van der Waals surface area contributed by atoms with E-state index in [4.69, 9.17) is 10.00 Å². The van der Waals surface area contributed by atoms with Crippen LogP contribution in [0.25, 0.3) is 0 Å². The van der Waals surface area contributed by atoms with Crippen LogP contribution in [0.15, 0.2) is 24.3 Å². The third-order valence-corrected chi connectivity index (χ3v) is 2.36. The summed E-state index contributed by atoms with van der Waals surface area (Å²) in [5.74, 6) is -0.315. The number of benzene rings is 1. The first-order valence-corrected chi connectivity index (χ1v) is 6.53. The Morgan fingerprint density at radius 1 is 1.19 bits per heavy atom. The highest BCUT2D eigenvalue weighted by Crippen LogP contribution is 2.06. The van der Waals surface area contributed by atoms with Gasteiger partial charge in [-0.2, -0.15) is 5.26 Å². The van der Waals surface area contributed by atoms with Crippen molar-refractivity contribution in [2.24, 2.45) is 0 Å². The zero-order chi connectivity index (χ0) is 15.9. The lowest BCUT2D eigenvalue weighted by atomic mass is 10.1. The summed E-state index contributed by atoms with van der Waals surface area (Å²) in [5.41, 5.74) is 0.847. The van der Waals surface area contributed by atoms with Crippen molar-refractivity contribution in [1.82, 2.24) is 10.6 Å². The second-order valence-corrected chi connectivity index (χ2v) is 5.44. The number of rotatable bonds is 4. The first-order chi connectivity index (χ1) is 9.80. The van der Waals surface area contributed by atoms with E-state index in [1.807, 2.05) is 6.07 Å². The first-order valence-electron chi connectivity index (χ1n) is 6.53. The molecule has 1 aromatic rings. The van der Waals surface area contributed by atoms with Gasteiger partial charge in [0.25, 0.3) is 0 Å². The molecule has 2 N–H and O–H groups in total. The van der Waals surface area contributed by atoms with E-state index in [0.29, 0.717) is 12.1 Å². The van der Waals surface area contributed by atoms with Gasteiger partial charge in [-0.15, -0.1) is 0 Å². The summed E-state index contributed by atoms with van der Waals surface area (Å²) in [6, 6.07) is 8.91. The van der Waals surface area contributed by atoms with Gasteiger partial charge in [-0.1, -0.05) is 12.1 Å². The maximum absolute atomic E-state index is 11.6. The number of ether oxygens (including phenoxy) is 1. The van der Waals surface area contributed by atoms with E-state index in [0.717, 1.165) is 5.56 Å². The molecule has 0 aliphatic rings. The molecule has 0 heterocycles. The predicted molar refractivity (Wildman–Crippen MR) is 77.2 cm³/mol. The molecule has 6 nitrogen and oxygen atoms in total.